The van der Waals surface area contributed by atoms with Crippen LogP contribution in [-0.4, -0.2) is 87.5 Å². The first-order valence-corrected chi connectivity index (χ1v) is 28.0. The van der Waals surface area contributed by atoms with E-state index in [1.165, 1.54) is 116 Å². The Labute approximate surface area is 422 Å². The molecule has 1 heterocycles. The molecular weight excluding hydrogens is 863 g/mol. The molecule has 1 amide bonds. The quantitative estimate of drug-likeness (QED) is 0.0261. The van der Waals surface area contributed by atoms with Crippen molar-refractivity contribution in [1.82, 2.24) is 5.32 Å². The molecule has 9 nitrogen and oxygen atoms in total. The molecular formula is C60H103NO8. The number of carbonyl (C=O) groups excluding carboxylic acids is 1. The number of allylic oxidation sites excluding steroid dienone is 15. The van der Waals surface area contributed by atoms with Gasteiger partial charge in [-0.15, -0.1) is 0 Å². The smallest absolute Gasteiger partial charge is 0.220 e. The minimum Gasteiger partial charge on any atom is -0.394 e. The molecule has 1 rings (SSSR count). The number of nitrogens with one attached hydrogen (secondary N) is 1. The number of hydrogen-bond acceptors (Lipinski definition) is 8. The van der Waals surface area contributed by atoms with Crippen LogP contribution in [0.25, 0.3) is 0 Å². The normalized spacial score (nSPS) is 20.2. The molecule has 0 aliphatic carbocycles. The van der Waals surface area contributed by atoms with Crippen molar-refractivity contribution in [3.63, 3.8) is 0 Å². The molecule has 7 atom stereocenters. The highest BCUT2D eigenvalue weighted by Crippen LogP contribution is 2.23. The Morgan fingerprint density at radius 2 is 0.913 bits per heavy atom. The summed E-state index contributed by atoms with van der Waals surface area (Å²) in [6.07, 6.45) is 63.2. The van der Waals surface area contributed by atoms with Crippen molar-refractivity contribution in [2.24, 2.45) is 0 Å². The average Bonchev–Trinajstić information content (AvgIpc) is 3.35. The summed E-state index contributed by atoms with van der Waals surface area (Å²) in [4.78, 5) is 13.0. The largest absolute Gasteiger partial charge is 0.394 e. The maximum atomic E-state index is 13.0. The highest BCUT2D eigenvalue weighted by molar-refractivity contribution is 5.76. The maximum absolute atomic E-state index is 13.0. The van der Waals surface area contributed by atoms with E-state index in [1.54, 1.807) is 6.08 Å². The van der Waals surface area contributed by atoms with Gasteiger partial charge in [-0.25, -0.2) is 0 Å². The van der Waals surface area contributed by atoms with E-state index in [4.69, 9.17) is 9.47 Å². The van der Waals surface area contributed by atoms with E-state index in [2.05, 4.69) is 104 Å². The third-order valence-electron chi connectivity index (χ3n) is 12.6. The highest BCUT2D eigenvalue weighted by atomic mass is 16.7. The zero-order chi connectivity index (χ0) is 50.1. The van der Waals surface area contributed by atoms with Crippen LogP contribution in [0, 0.1) is 0 Å². The van der Waals surface area contributed by atoms with Gasteiger partial charge in [0.1, 0.15) is 24.4 Å². The molecule has 396 valence electrons. The molecule has 6 N–H and O–H groups in total. The lowest BCUT2D eigenvalue weighted by Crippen LogP contribution is -2.60. The first-order valence-electron chi connectivity index (χ1n) is 28.0. The van der Waals surface area contributed by atoms with Crippen LogP contribution < -0.4 is 5.32 Å². The first kappa shape index (κ1) is 64.1. The average molecular weight is 966 g/mol. The number of aliphatic hydroxyl groups excluding tert-OH is 5. The SMILES string of the molecule is CC/C=C\C/C=C\C/C=C\C/C=C\C/C=C\CCCCCCCCCCCCCCCC(=O)NC(COC1OC(CO)C(O)C(O)C1O)C(O)/C=C/CC/C=C/CC/C=C/CCCCCCCCC. The van der Waals surface area contributed by atoms with Crippen molar-refractivity contribution in [1.29, 1.82) is 0 Å². The zero-order valence-electron chi connectivity index (χ0n) is 43.8. The molecule has 0 aromatic heterocycles. The molecule has 1 aliphatic heterocycles. The predicted octanol–water partition coefficient (Wildman–Crippen LogP) is 13.6. The van der Waals surface area contributed by atoms with Crippen molar-refractivity contribution in [2.75, 3.05) is 13.2 Å². The first-order chi connectivity index (χ1) is 33.8. The van der Waals surface area contributed by atoms with E-state index in [9.17, 15) is 30.3 Å². The van der Waals surface area contributed by atoms with Gasteiger partial charge in [0.25, 0.3) is 0 Å². The number of rotatable bonds is 46. The summed E-state index contributed by atoms with van der Waals surface area (Å²) in [6.45, 7) is 3.63. The molecule has 9 heteroatoms. The molecule has 0 saturated carbocycles. The molecule has 0 bridgehead atoms. The lowest BCUT2D eigenvalue weighted by atomic mass is 9.99. The van der Waals surface area contributed by atoms with Crippen molar-refractivity contribution in [3.8, 4) is 0 Å². The van der Waals surface area contributed by atoms with Gasteiger partial charge in [0.15, 0.2) is 6.29 Å². The number of unbranched alkanes of at least 4 members (excludes halogenated alkanes) is 22. The van der Waals surface area contributed by atoms with Crippen LogP contribution in [-0.2, 0) is 14.3 Å². The second-order valence-corrected chi connectivity index (χ2v) is 19.0. The number of ether oxygens (including phenoxy) is 2. The van der Waals surface area contributed by atoms with Crippen molar-refractivity contribution in [3.05, 3.63) is 97.2 Å². The standard InChI is InChI=1S/C60H103NO8/c1-3-5-7-9-11-13-15-17-19-21-22-23-24-25-26-27-28-29-30-31-32-34-36-38-40-42-44-46-48-50-56(64)61-53(52-68-60-59(67)58(66)57(65)55(51-62)69-60)54(63)49-47-45-43-41-39-37-35-33-20-18-16-14-12-10-8-6-4-2/h5,7,11,13,17,19-20,22-23,25-26,33,39,41,47,49,53-55,57-60,62-63,65-67H,3-4,6,8-10,12,14-16,18,21,24,27-32,34-38,40,42-46,48,50-52H2,1-2H3,(H,61,64)/b7-5-,13-11-,19-17-,23-22-,26-25-,33-20+,41-39+,49-47+. The van der Waals surface area contributed by atoms with Gasteiger partial charge < -0.3 is 40.3 Å². The molecule has 1 aliphatic rings. The third-order valence-corrected chi connectivity index (χ3v) is 12.6. The van der Waals surface area contributed by atoms with Crippen LogP contribution >= 0.6 is 0 Å². The van der Waals surface area contributed by atoms with E-state index < -0.39 is 49.5 Å². The van der Waals surface area contributed by atoms with Crippen LogP contribution in [0.5, 0.6) is 0 Å². The van der Waals surface area contributed by atoms with E-state index in [0.29, 0.717) is 6.42 Å². The molecule has 7 unspecified atom stereocenters. The van der Waals surface area contributed by atoms with Crippen LogP contribution in [0.1, 0.15) is 219 Å². The molecule has 0 spiro atoms. The Bertz CT molecular complexity index is 1400. The van der Waals surface area contributed by atoms with Crippen molar-refractivity contribution >= 4 is 5.91 Å². The summed E-state index contributed by atoms with van der Waals surface area (Å²) in [5.74, 6) is -0.196. The topological polar surface area (TPSA) is 149 Å². The van der Waals surface area contributed by atoms with Crippen molar-refractivity contribution in [2.45, 2.75) is 262 Å². The van der Waals surface area contributed by atoms with Crippen LogP contribution in [0.2, 0.25) is 0 Å². The Balaban J connectivity index is 2.24. The second-order valence-electron chi connectivity index (χ2n) is 19.0. The number of carbonyl (C=O) groups is 1. The van der Waals surface area contributed by atoms with Gasteiger partial charge in [0.2, 0.25) is 5.91 Å². The summed E-state index contributed by atoms with van der Waals surface area (Å²) in [7, 11) is 0. The minimum absolute atomic E-state index is 0.196. The summed E-state index contributed by atoms with van der Waals surface area (Å²) >= 11 is 0. The lowest BCUT2D eigenvalue weighted by molar-refractivity contribution is -0.302. The summed E-state index contributed by atoms with van der Waals surface area (Å²) < 4.78 is 11.2. The van der Waals surface area contributed by atoms with E-state index >= 15 is 0 Å². The fourth-order valence-electron chi connectivity index (χ4n) is 8.21. The third kappa shape index (κ3) is 38.5. The Morgan fingerprint density at radius 3 is 1.39 bits per heavy atom. The van der Waals surface area contributed by atoms with Gasteiger partial charge >= 0.3 is 0 Å². The van der Waals surface area contributed by atoms with Gasteiger partial charge in [-0.1, -0.05) is 220 Å². The molecule has 1 fully saturated rings. The van der Waals surface area contributed by atoms with Gasteiger partial charge in [0, 0.05) is 6.42 Å². The van der Waals surface area contributed by atoms with E-state index in [1.807, 2.05) is 6.08 Å². The second kappa shape index (κ2) is 48.7. The zero-order valence-corrected chi connectivity index (χ0v) is 43.8. The van der Waals surface area contributed by atoms with Gasteiger partial charge in [0.05, 0.1) is 25.4 Å². The summed E-state index contributed by atoms with van der Waals surface area (Å²) in [5.41, 5.74) is 0. The highest BCUT2D eigenvalue weighted by Gasteiger charge is 2.44. The molecule has 0 aromatic rings. The molecule has 1 saturated heterocycles. The van der Waals surface area contributed by atoms with Crippen LogP contribution in [0.4, 0.5) is 0 Å². The number of hydrogen-bond donors (Lipinski definition) is 6. The van der Waals surface area contributed by atoms with Gasteiger partial charge in [-0.2, -0.15) is 0 Å². The predicted molar refractivity (Wildman–Crippen MR) is 290 cm³/mol. The van der Waals surface area contributed by atoms with Gasteiger partial charge in [-0.05, 0) is 89.9 Å². The number of amides is 1. The fraction of sp³-hybridized carbons (Fsp3) is 0.717. The van der Waals surface area contributed by atoms with E-state index in [0.717, 1.165) is 83.5 Å². The van der Waals surface area contributed by atoms with Crippen molar-refractivity contribution < 1.29 is 39.8 Å². The Morgan fingerprint density at radius 1 is 0.507 bits per heavy atom. The van der Waals surface area contributed by atoms with E-state index in [-0.39, 0.29) is 12.5 Å². The van der Waals surface area contributed by atoms with Gasteiger partial charge in [-0.3, -0.25) is 4.79 Å². The lowest BCUT2D eigenvalue weighted by Gasteiger charge is -2.40. The monoisotopic (exact) mass is 966 g/mol. The Kier molecular flexibility index (Phi) is 45.3. The fourth-order valence-corrected chi connectivity index (χ4v) is 8.21. The van der Waals surface area contributed by atoms with Crippen LogP contribution in [0.3, 0.4) is 0 Å². The number of aliphatic hydroxyl groups is 5. The Hall–Kier alpha value is -2.89. The summed E-state index contributed by atoms with van der Waals surface area (Å²) in [6, 6.07) is -0.834. The summed E-state index contributed by atoms with van der Waals surface area (Å²) in [5, 5.41) is 54.4. The maximum Gasteiger partial charge on any atom is 0.220 e. The molecule has 69 heavy (non-hydrogen) atoms. The molecule has 0 aromatic carbocycles. The van der Waals surface area contributed by atoms with Crippen LogP contribution in [0.15, 0.2) is 97.2 Å². The minimum atomic E-state index is -1.58. The molecule has 0 radical (unpaired) electrons.